The minimum atomic E-state index is -1.82. The number of benzene rings is 1. The highest BCUT2D eigenvalue weighted by molar-refractivity contribution is 7.83. The number of phenolic OH excluding ortho intramolecular Hbond substituents is 1. The summed E-state index contributed by atoms with van der Waals surface area (Å²) < 4.78 is 26.1. The molecular weight excluding hydrogens is 466 g/mol. The number of nitrogens with zero attached hydrogens (tertiary/aromatic N) is 3. The molecule has 1 unspecified atom stereocenters. The topological polar surface area (TPSA) is 120 Å². The summed E-state index contributed by atoms with van der Waals surface area (Å²) in [6.45, 7) is 12.1. The number of furan rings is 1. The van der Waals surface area contributed by atoms with E-state index in [9.17, 15) is 14.1 Å². The molecule has 0 fully saturated rings. The van der Waals surface area contributed by atoms with Crippen LogP contribution in [0.15, 0.2) is 37.7 Å². The van der Waals surface area contributed by atoms with Gasteiger partial charge in [0, 0.05) is 14.1 Å². The first-order valence-electron chi connectivity index (χ1n) is 11.6. The number of rotatable bonds is 6. The molecule has 10 heteroatoms. The van der Waals surface area contributed by atoms with Crippen LogP contribution < -0.4 is 10.6 Å². The van der Waals surface area contributed by atoms with Crippen molar-refractivity contribution in [3.63, 3.8) is 0 Å². The van der Waals surface area contributed by atoms with Crippen LogP contribution in [0.2, 0.25) is 0 Å². The Balaban J connectivity index is 1.92. The Hall–Kier alpha value is -3.14. The number of amides is 1. The van der Waals surface area contributed by atoms with Crippen molar-refractivity contribution in [2.75, 3.05) is 19.4 Å². The molecule has 0 radical (unpaired) electrons. The van der Waals surface area contributed by atoms with Crippen LogP contribution in [0.25, 0.3) is 0 Å². The van der Waals surface area contributed by atoms with Gasteiger partial charge in [0.2, 0.25) is 0 Å². The fourth-order valence-corrected chi connectivity index (χ4v) is 4.34. The van der Waals surface area contributed by atoms with E-state index < -0.39 is 11.2 Å². The fraction of sp³-hybridized carbons (Fsp3) is 0.480. The lowest BCUT2D eigenvalue weighted by molar-refractivity contribution is 0.0822. The minimum absolute atomic E-state index is 0.199. The number of hydrogen-bond donors (Lipinski definition) is 3. The predicted molar refractivity (Wildman–Crippen MR) is 140 cm³/mol. The number of anilines is 1. The largest absolute Gasteiger partial charge is 0.505 e. The summed E-state index contributed by atoms with van der Waals surface area (Å²) in [5.41, 5.74) is 1.91. The highest BCUT2D eigenvalue weighted by Gasteiger charge is 2.30. The number of hydrogen-bond acceptors (Lipinski definition) is 6. The Labute approximate surface area is 209 Å². The van der Waals surface area contributed by atoms with E-state index in [1.54, 1.807) is 32.5 Å². The second-order valence-electron chi connectivity index (χ2n) is 10.1. The molecule has 1 aliphatic rings. The number of aromatic hydroxyl groups is 1. The summed E-state index contributed by atoms with van der Waals surface area (Å²) in [5.74, 6) is 1.06. The lowest BCUT2D eigenvalue weighted by atomic mass is 9.82. The van der Waals surface area contributed by atoms with E-state index in [-0.39, 0.29) is 46.0 Å². The van der Waals surface area contributed by atoms with Crippen molar-refractivity contribution in [2.24, 2.45) is 8.80 Å². The van der Waals surface area contributed by atoms with Crippen molar-refractivity contribution in [2.45, 2.75) is 65.3 Å². The summed E-state index contributed by atoms with van der Waals surface area (Å²) >= 11 is -1.82. The van der Waals surface area contributed by atoms with E-state index in [0.29, 0.717) is 17.9 Å². The van der Waals surface area contributed by atoms with Gasteiger partial charge in [-0.15, -0.1) is 8.80 Å². The third-order valence-electron chi connectivity index (χ3n) is 5.79. The van der Waals surface area contributed by atoms with Gasteiger partial charge in [-0.2, -0.15) is 0 Å². The zero-order valence-corrected chi connectivity index (χ0v) is 22.4. The fourth-order valence-electron chi connectivity index (χ4n) is 3.72. The number of carbonyl (C=O) groups is 1. The van der Waals surface area contributed by atoms with Gasteiger partial charge in [-0.3, -0.25) is 4.79 Å². The molecule has 1 amide bonds. The summed E-state index contributed by atoms with van der Waals surface area (Å²) in [6.07, 6.45) is 2.43. The second kappa shape index (κ2) is 10.2. The van der Waals surface area contributed by atoms with Gasteiger partial charge in [-0.25, -0.2) is 4.21 Å². The Kier molecular flexibility index (Phi) is 7.74. The van der Waals surface area contributed by atoms with Crippen molar-refractivity contribution in [1.82, 2.24) is 10.2 Å². The lowest BCUT2D eigenvalue weighted by Gasteiger charge is -2.26. The third kappa shape index (κ3) is 5.75. The van der Waals surface area contributed by atoms with Crippen LogP contribution in [0, 0.1) is 0 Å². The maximum absolute atomic E-state index is 12.9. The van der Waals surface area contributed by atoms with Crippen molar-refractivity contribution >= 4 is 34.4 Å². The van der Waals surface area contributed by atoms with Gasteiger partial charge in [-0.05, 0) is 41.0 Å². The van der Waals surface area contributed by atoms with Crippen LogP contribution in [-0.4, -0.2) is 45.9 Å². The first kappa shape index (κ1) is 26.5. The molecule has 190 valence electrons. The zero-order valence-electron chi connectivity index (χ0n) is 21.6. The summed E-state index contributed by atoms with van der Waals surface area (Å²) in [5, 5.41) is 17.4. The summed E-state index contributed by atoms with van der Waals surface area (Å²) in [4.78, 5) is 14.4. The molecule has 0 saturated heterocycles. The standard InChI is InChI=1S/C25H35N5O4S/c1-9-17(19-12-15(13-34-19)14(2)3)26-22-23(29-35(33)28-22)27-18-11-10-16(25(4,5)6)20(21(18)31)24(32)30(7)8/h10-14,17,31H,9H2,1-8H3,(H,26,28)(H,27,29)/t17-,35?/m1/s1. The Morgan fingerprint density at radius 2 is 1.86 bits per heavy atom. The van der Waals surface area contributed by atoms with E-state index in [1.807, 2.05) is 33.8 Å². The first-order valence-corrected chi connectivity index (χ1v) is 12.7. The van der Waals surface area contributed by atoms with E-state index in [2.05, 4.69) is 33.3 Å². The first-order chi connectivity index (χ1) is 16.3. The maximum atomic E-state index is 12.9. The molecule has 0 bridgehead atoms. The molecule has 2 aromatic rings. The van der Waals surface area contributed by atoms with Gasteiger partial charge >= 0.3 is 0 Å². The van der Waals surface area contributed by atoms with Gasteiger partial charge in [-0.1, -0.05) is 47.6 Å². The third-order valence-corrected chi connectivity index (χ3v) is 6.47. The van der Waals surface area contributed by atoms with Gasteiger partial charge in [0.25, 0.3) is 17.1 Å². The smallest absolute Gasteiger partial charge is 0.269 e. The molecule has 0 saturated carbocycles. The maximum Gasteiger partial charge on any atom is 0.269 e. The molecule has 3 N–H and O–H groups in total. The number of phenols is 1. The van der Waals surface area contributed by atoms with Crippen LogP contribution in [0.3, 0.4) is 0 Å². The number of nitrogens with one attached hydrogen (secondary N) is 2. The summed E-state index contributed by atoms with van der Waals surface area (Å²) in [7, 11) is 3.27. The normalized spacial score (nSPS) is 16.7. The molecule has 1 aromatic carbocycles. The van der Waals surface area contributed by atoms with Gasteiger partial charge in [0.05, 0.1) is 23.6 Å². The molecule has 1 aromatic heterocycles. The van der Waals surface area contributed by atoms with Crippen molar-refractivity contribution in [3.8, 4) is 5.75 Å². The molecule has 3 rings (SSSR count). The van der Waals surface area contributed by atoms with E-state index in [1.165, 1.54) is 4.90 Å². The molecule has 1 aliphatic heterocycles. The van der Waals surface area contributed by atoms with Crippen LogP contribution >= 0.6 is 0 Å². The molecule has 0 spiro atoms. The van der Waals surface area contributed by atoms with E-state index >= 15 is 0 Å². The quantitative estimate of drug-likeness (QED) is 0.496. The lowest BCUT2D eigenvalue weighted by Crippen LogP contribution is -2.36. The molecule has 35 heavy (non-hydrogen) atoms. The van der Waals surface area contributed by atoms with E-state index in [0.717, 1.165) is 11.3 Å². The van der Waals surface area contributed by atoms with Crippen molar-refractivity contribution < 1.29 is 18.5 Å². The second-order valence-corrected chi connectivity index (χ2v) is 10.9. The number of carbonyl (C=O) groups excluding carboxylic acids is 1. The molecule has 2 atom stereocenters. The highest BCUT2D eigenvalue weighted by Crippen LogP contribution is 2.37. The summed E-state index contributed by atoms with van der Waals surface area (Å²) in [6, 6.07) is 5.27. The van der Waals surface area contributed by atoms with Gasteiger partial charge < -0.3 is 25.1 Å². The van der Waals surface area contributed by atoms with Crippen molar-refractivity contribution in [1.29, 1.82) is 0 Å². The van der Waals surface area contributed by atoms with E-state index in [4.69, 9.17) is 4.42 Å². The SMILES string of the molecule is CC[C@@H](NC1=NS(=O)N=C1Nc1ccc(C(C)(C)C)c(C(=O)N(C)C)c1O)c1cc(C(C)C)co1. The molecule has 2 heterocycles. The van der Waals surface area contributed by atoms with Crippen LogP contribution in [0.5, 0.6) is 5.75 Å². The highest BCUT2D eigenvalue weighted by atomic mass is 32.2. The van der Waals surface area contributed by atoms with Crippen LogP contribution in [0.1, 0.15) is 87.2 Å². The monoisotopic (exact) mass is 501 g/mol. The minimum Gasteiger partial charge on any atom is -0.505 e. The van der Waals surface area contributed by atoms with Crippen LogP contribution in [-0.2, 0) is 16.6 Å². The molecule has 9 nitrogen and oxygen atoms in total. The predicted octanol–water partition coefficient (Wildman–Crippen LogP) is 4.65. The van der Waals surface area contributed by atoms with Crippen molar-refractivity contribution in [3.05, 3.63) is 46.9 Å². The Morgan fingerprint density at radius 3 is 2.40 bits per heavy atom. The molecular formula is C25H35N5O4S. The van der Waals surface area contributed by atoms with Crippen LogP contribution in [0.4, 0.5) is 5.69 Å². The average molecular weight is 502 g/mol. The van der Waals surface area contributed by atoms with Gasteiger partial charge in [0.15, 0.2) is 17.4 Å². The average Bonchev–Trinajstić information content (AvgIpc) is 3.38. The van der Waals surface area contributed by atoms with Gasteiger partial charge in [0.1, 0.15) is 5.76 Å². The molecule has 0 aliphatic carbocycles. The Bertz CT molecular complexity index is 1190. The number of amidine groups is 2. The zero-order chi connectivity index (χ0) is 26.1. The Morgan fingerprint density at radius 1 is 1.20 bits per heavy atom.